The highest BCUT2D eigenvalue weighted by Crippen LogP contribution is 2.27. The van der Waals surface area contributed by atoms with Gasteiger partial charge in [0.1, 0.15) is 11.2 Å². The SMILES string of the molecule is CNc1nccn2c(C(C)=O)nc(-c3ccccn3)c12. The van der Waals surface area contributed by atoms with Gasteiger partial charge in [0.05, 0.1) is 5.69 Å². The molecule has 0 aliphatic heterocycles. The summed E-state index contributed by atoms with van der Waals surface area (Å²) in [6.45, 7) is 1.50. The molecule has 0 aliphatic carbocycles. The maximum atomic E-state index is 11.8. The van der Waals surface area contributed by atoms with Crippen LogP contribution in [0.2, 0.25) is 0 Å². The lowest BCUT2D eigenvalue weighted by molar-refractivity contribution is 0.100. The van der Waals surface area contributed by atoms with Crippen LogP contribution in [0.15, 0.2) is 36.8 Å². The molecule has 0 saturated heterocycles. The Labute approximate surface area is 115 Å². The number of carbonyl (C=O) groups is 1. The highest BCUT2D eigenvalue weighted by atomic mass is 16.1. The quantitative estimate of drug-likeness (QED) is 0.735. The summed E-state index contributed by atoms with van der Waals surface area (Å²) in [5, 5.41) is 3.02. The molecular weight excluding hydrogens is 254 g/mol. The number of ketones is 1. The third-order valence-electron chi connectivity index (χ3n) is 3.01. The summed E-state index contributed by atoms with van der Waals surface area (Å²) in [6, 6.07) is 5.58. The van der Waals surface area contributed by atoms with Crippen molar-refractivity contribution in [3.05, 3.63) is 42.6 Å². The van der Waals surface area contributed by atoms with Crippen LogP contribution in [0.4, 0.5) is 5.82 Å². The van der Waals surface area contributed by atoms with E-state index in [0.29, 0.717) is 23.0 Å². The lowest BCUT2D eigenvalue weighted by atomic mass is 10.2. The van der Waals surface area contributed by atoms with Gasteiger partial charge in [-0.1, -0.05) is 6.07 Å². The second kappa shape index (κ2) is 4.73. The van der Waals surface area contributed by atoms with Crippen LogP contribution in [0.3, 0.4) is 0 Å². The van der Waals surface area contributed by atoms with E-state index in [1.54, 1.807) is 30.0 Å². The number of anilines is 1. The summed E-state index contributed by atoms with van der Waals surface area (Å²) in [4.78, 5) is 24.8. The monoisotopic (exact) mass is 267 g/mol. The van der Waals surface area contributed by atoms with E-state index in [1.165, 1.54) is 6.92 Å². The van der Waals surface area contributed by atoms with E-state index in [-0.39, 0.29) is 5.78 Å². The summed E-state index contributed by atoms with van der Waals surface area (Å²) in [7, 11) is 1.78. The minimum Gasteiger partial charge on any atom is -0.371 e. The molecule has 6 heteroatoms. The number of imidazole rings is 1. The molecule has 3 heterocycles. The third kappa shape index (κ3) is 1.82. The van der Waals surface area contributed by atoms with Gasteiger partial charge in [-0.25, -0.2) is 9.97 Å². The molecule has 3 aromatic rings. The molecule has 0 saturated carbocycles. The Kier molecular flexibility index (Phi) is 2.90. The van der Waals surface area contributed by atoms with E-state index < -0.39 is 0 Å². The van der Waals surface area contributed by atoms with Gasteiger partial charge in [0.25, 0.3) is 0 Å². The van der Waals surface area contributed by atoms with Crippen molar-refractivity contribution in [1.82, 2.24) is 19.4 Å². The van der Waals surface area contributed by atoms with Crippen molar-refractivity contribution in [1.29, 1.82) is 0 Å². The number of nitrogens with zero attached hydrogens (tertiary/aromatic N) is 4. The van der Waals surface area contributed by atoms with Crippen molar-refractivity contribution in [2.45, 2.75) is 6.92 Å². The maximum Gasteiger partial charge on any atom is 0.195 e. The summed E-state index contributed by atoms with van der Waals surface area (Å²) in [5.41, 5.74) is 2.11. The van der Waals surface area contributed by atoms with Gasteiger partial charge in [0.15, 0.2) is 17.4 Å². The zero-order valence-electron chi connectivity index (χ0n) is 11.2. The number of rotatable bonds is 3. The Morgan fingerprint density at radius 1 is 1.25 bits per heavy atom. The number of fused-ring (bicyclic) bond motifs is 1. The van der Waals surface area contributed by atoms with E-state index >= 15 is 0 Å². The largest absolute Gasteiger partial charge is 0.371 e. The van der Waals surface area contributed by atoms with Crippen LogP contribution in [0, 0.1) is 0 Å². The Balaban J connectivity index is 2.40. The van der Waals surface area contributed by atoms with Crippen LogP contribution in [-0.2, 0) is 0 Å². The first-order chi connectivity index (χ1) is 9.72. The topological polar surface area (TPSA) is 72.2 Å². The van der Waals surface area contributed by atoms with Gasteiger partial charge in [-0.05, 0) is 12.1 Å². The number of hydrogen-bond donors (Lipinski definition) is 1. The number of pyridine rings is 1. The Morgan fingerprint density at radius 2 is 2.10 bits per heavy atom. The van der Waals surface area contributed by atoms with Crippen molar-refractivity contribution in [3.63, 3.8) is 0 Å². The Morgan fingerprint density at radius 3 is 2.75 bits per heavy atom. The molecule has 1 N–H and O–H groups in total. The molecular formula is C14H13N5O. The Bertz CT molecular complexity index is 779. The molecule has 0 aromatic carbocycles. The van der Waals surface area contributed by atoms with E-state index in [2.05, 4.69) is 20.3 Å². The van der Waals surface area contributed by atoms with Crippen molar-refractivity contribution >= 4 is 17.1 Å². The fraction of sp³-hybridized carbons (Fsp3) is 0.143. The van der Waals surface area contributed by atoms with Crippen LogP contribution in [0.1, 0.15) is 17.5 Å². The van der Waals surface area contributed by atoms with Gasteiger partial charge >= 0.3 is 0 Å². The zero-order valence-corrected chi connectivity index (χ0v) is 11.2. The summed E-state index contributed by atoms with van der Waals surface area (Å²) >= 11 is 0. The van der Waals surface area contributed by atoms with Gasteiger partial charge in [0, 0.05) is 32.6 Å². The fourth-order valence-electron chi connectivity index (χ4n) is 2.15. The maximum absolute atomic E-state index is 11.8. The van der Waals surface area contributed by atoms with Gasteiger partial charge in [-0.15, -0.1) is 0 Å². The van der Waals surface area contributed by atoms with Crippen LogP contribution in [-0.4, -0.2) is 32.2 Å². The van der Waals surface area contributed by atoms with Crippen molar-refractivity contribution in [3.8, 4) is 11.4 Å². The fourth-order valence-corrected chi connectivity index (χ4v) is 2.15. The van der Waals surface area contributed by atoms with Crippen LogP contribution < -0.4 is 5.32 Å². The van der Waals surface area contributed by atoms with Gasteiger partial charge < -0.3 is 5.32 Å². The average Bonchev–Trinajstić information content (AvgIpc) is 2.88. The zero-order chi connectivity index (χ0) is 14.1. The van der Waals surface area contributed by atoms with Crippen molar-refractivity contribution < 1.29 is 4.79 Å². The molecule has 0 amide bonds. The molecule has 0 unspecified atom stereocenters. The van der Waals surface area contributed by atoms with E-state index in [1.807, 2.05) is 18.2 Å². The summed E-state index contributed by atoms with van der Waals surface area (Å²) in [5.74, 6) is 0.933. The lowest BCUT2D eigenvalue weighted by Gasteiger charge is -2.04. The minimum absolute atomic E-state index is 0.101. The Hall–Kier alpha value is -2.76. The number of hydrogen-bond acceptors (Lipinski definition) is 5. The molecule has 0 atom stereocenters. The van der Waals surface area contributed by atoms with Crippen LogP contribution in [0.25, 0.3) is 16.9 Å². The normalized spacial score (nSPS) is 10.7. The summed E-state index contributed by atoms with van der Waals surface area (Å²) < 4.78 is 1.74. The molecule has 20 heavy (non-hydrogen) atoms. The first-order valence-corrected chi connectivity index (χ1v) is 6.19. The first-order valence-electron chi connectivity index (χ1n) is 6.19. The highest BCUT2D eigenvalue weighted by molar-refractivity contribution is 5.96. The minimum atomic E-state index is -0.101. The second-order valence-corrected chi connectivity index (χ2v) is 4.30. The predicted molar refractivity (Wildman–Crippen MR) is 75.8 cm³/mol. The van der Waals surface area contributed by atoms with Crippen molar-refractivity contribution in [2.24, 2.45) is 0 Å². The second-order valence-electron chi connectivity index (χ2n) is 4.30. The lowest BCUT2D eigenvalue weighted by Crippen LogP contribution is -2.02. The number of aromatic nitrogens is 4. The molecule has 0 radical (unpaired) electrons. The van der Waals surface area contributed by atoms with Crippen LogP contribution >= 0.6 is 0 Å². The summed E-state index contributed by atoms with van der Waals surface area (Å²) in [6.07, 6.45) is 5.06. The molecule has 0 fully saturated rings. The molecule has 3 rings (SSSR count). The third-order valence-corrected chi connectivity index (χ3v) is 3.01. The van der Waals surface area contributed by atoms with E-state index in [9.17, 15) is 4.79 Å². The standard InChI is InChI=1S/C14H13N5O/c1-9(20)14-18-11(10-5-3-4-6-16-10)12-13(15-2)17-7-8-19(12)14/h3-8H,1-2H3,(H,15,17). The first kappa shape index (κ1) is 12.3. The number of carbonyl (C=O) groups excluding carboxylic acids is 1. The van der Waals surface area contributed by atoms with E-state index in [4.69, 9.17) is 0 Å². The van der Waals surface area contributed by atoms with Crippen molar-refractivity contribution in [2.75, 3.05) is 12.4 Å². The van der Waals surface area contributed by atoms with Gasteiger partial charge in [-0.3, -0.25) is 14.2 Å². The van der Waals surface area contributed by atoms with E-state index in [0.717, 1.165) is 5.52 Å². The molecule has 0 spiro atoms. The van der Waals surface area contributed by atoms with Gasteiger partial charge in [-0.2, -0.15) is 0 Å². The molecule has 100 valence electrons. The van der Waals surface area contributed by atoms with Crippen LogP contribution in [0.5, 0.6) is 0 Å². The number of Topliss-reactive ketones (excluding diaryl/α,β-unsaturated/α-hetero) is 1. The smallest absolute Gasteiger partial charge is 0.195 e. The molecule has 3 aromatic heterocycles. The average molecular weight is 267 g/mol. The molecule has 0 bridgehead atoms. The number of nitrogens with one attached hydrogen (secondary N) is 1. The highest BCUT2D eigenvalue weighted by Gasteiger charge is 2.19. The predicted octanol–water partition coefficient (Wildman–Crippen LogP) is 2.04. The molecule has 6 nitrogen and oxygen atoms in total. The van der Waals surface area contributed by atoms with Gasteiger partial charge in [0.2, 0.25) is 0 Å². The molecule has 0 aliphatic rings.